The first kappa shape index (κ1) is 15.8. The fraction of sp³-hybridized carbons (Fsp3) is 0.438. The number of nitrogens with two attached hydrogens (primary N) is 1. The van der Waals surface area contributed by atoms with Crippen LogP contribution in [-0.2, 0) is 13.1 Å². The topological polar surface area (TPSA) is 51.4 Å². The molecule has 1 aromatic carbocycles. The van der Waals surface area contributed by atoms with Crippen molar-refractivity contribution in [2.75, 3.05) is 19.1 Å². The second kappa shape index (κ2) is 6.91. The van der Waals surface area contributed by atoms with Gasteiger partial charge in [0.15, 0.2) is 5.13 Å². The van der Waals surface area contributed by atoms with Crippen LogP contribution in [-0.4, -0.2) is 19.1 Å². The fourth-order valence-electron chi connectivity index (χ4n) is 2.18. The highest BCUT2D eigenvalue weighted by Crippen LogP contribution is 2.30. The van der Waals surface area contributed by atoms with Crippen molar-refractivity contribution in [2.24, 2.45) is 5.73 Å². The maximum absolute atomic E-state index is 5.82. The summed E-state index contributed by atoms with van der Waals surface area (Å²) in [6.45, 7) is 5.68. The maximum Gasteiger partial charge on any atom is 0.185 e. The first-order valence-corrected chi connectivity index (χ1v) is 7.90. The van der Waals surface area contributed by atoms with E-state index in [0.717, 1.165) is 23.1 Å². The van der Waals surface area contributed by atoms with E-state index in [2.05, 4.69) is 37.9 Å². The zero-order chi connectivity index (χ0) is 15.4. The summed E-state index contributed by atoms with van der Waals surface area (Å²) in [4.78, 5) is 8.10. The van der Waals surface area contributed by atoms with Gasteiger partial charge in [-0.05, 0) is 23.6 Å². The molecule has 21 heavy (non-hydrogen) atoms. The highest BCUT2D eigenvalue weighted by Gasteiger charge is 2.15. The van der Waals surface area contributed by atoms with Crippen LogP contribution in [0.25, 0.3) is 0 Å². The Kier molecular flexibility index (Phi) is 5.20. The second-order valence-electron chi connectivity index (χ2n) is 5.37. The van der Waals surface area contributed by atoms with Crippen molar-refractivity contribution >= 4 is 16.5 Å². The molecule has 0 aliphatic carbocycles. The summed E-state index contributed by atoms with van der Waals surface area (Å²) in [6.07, 6.45) is 0. The Hall–Kier alpha value is -1.59. The smallest absolute Gasteiger partial charge is 0.185 e. The minimum Gasteiger partial charge on any atom is -0.497 e. The number of anilines is 1. The average molecular weight is 305 g/mol. The van der Waals surface area contributed by atoms with Gasteiger partial charge in [-0.15, -0.1) is 11.3 Å². The lowest BCUT2D eigenvalue weighted by Gasteiger charge is -2.16. The summed E-state index contributed by atoms with van der Waals surface area (Å²) in [5, 5.41) is 1.02. The predicted molar refractivity (Wildman–Crippen MR) is 89.2 cm³/mol. The SMILES string of the molecule is COc1ccc(CN(C)c2nc(C(C)C)c(CN)s2)cc1. The molecule has 0 amide bonds. The van der Waals surface area contributed by atoms with Gasteiger partial charge in [0.25, 0.3) is 0 Å². The van der Waals surface area contributed by atoms with Crippen LogP contribution < -0.4 is 15.4 Å². The maximum atomic E-state index is 5.82. The highest BCUT2D eigenvalue weighted by molar-refractivity contribution is 7.15. The molecule has 0 aliphatic heterocycles. The van der Waals surface area contributed by atoms with E-state index in [-0.39, 0.29) is 0 Å². The van der Waals surface area contributed by atoms with Crippen molar-refractivity contribution in [3.63, 3.8) is 0 Å². The molecule has 0 fully saturated rings. The Bertz CT molecular complexity index is 578. The second-order valence-corrected chi connectivity index (χ2v) is 6.43. The van der Waals surface area contributed by atoms with Gasteiger partial charge in [-0.25, -0.2) is 4.98 Å². The summed E-state index contributed by atoms with van der Waals surface area (Å²) in [5.74, 6) is 1.28. The van der Waals surface area contributed by atoms with Gasteiger partial charge < -0.3 is 15.4 Å². The molecular formula is C16H23N3OS. The van der Waals surface area contributed by atoms with E-state index in [1.165, 1.54) is 10.4 Å². The van der Waals surface area contributed by atoms with Crippen LogP contribution in [0.5, 0.6) is 5.75 Å². The Morgan fingerprint density at radius 3 is 2.43 bits per heavy atom. The molecule has 2 rings (SSSR count). The third kappa shape index (κ3) is 3.74. The van der Waals surface area contributed by atoms with Crippen molar-refractivity contribution < 1.29 is 4.74 Å². The van der Waals surface area contributed by atoms with E-state index in [9.17, 15) is 0 Å². The van der Waals surface area contributed by atoms with Crippen molar-refractivity contribution in [2.45, 2.75) is 32.9 Å². The van der Waals surface area contributed by atoms with E-state index in [1.807, 2.05) is 12.1 Å². The monoisotopic (exact) mass is 305 g/mol. The first-order valence-electron chi connectivity index (χ1n) is 7.08. The van der Waals surface area contributed by atoms with Crippen molar-refractivity contribution in [3.05, 3.63) is 40.4 Å². The molecule has 0 aliphatic rings. The molecule has 0 unspecified atom stereocenters. The zero-order valence-electron chi connectivity index (χ0n) is 13.1. The summed E-state index contributed by atoms with van der Waals surface area (Å²) in [7, 11) is 3.74. The van der Waals surface area contributed by atoms with E-state index in [1.54, 1.807) is 18.4 Å². The molecule has 0 atom stereocenters. The number of nitrogens with zero attached hydrogens (tertiary/aromatic N) is 2. The van der Waals surface area contributed by atoms with Gasteiger partial charge in [0.1, 0.15) is 5.75 Å². The predicted octanol–water partition coefficient (Wildman–Crippen LogP) is 3.37. The van der Waals surface area contributed by atoms with Crippen LogP contribution in [0.2, 0.25) is 0 Å². The Morgan fingerprint density at radius 1 is 1.29 bits per heavy atom. The molecule has 114 valence electrons. The lowest BCUT2D eigenvalue weighted by molar-refractivity contribution is 0.414. The number of rotatable bonds is 6. The van der Waals surface area contributed by atoms with Crippen LogP contribution in [0.3, 0.4) is 0 Å². The van der Waals surface area contributed by atoms with Gasteiger partial charge in [-0.3, -0.25) is 0 Å². The lowest BCUT2D eigenvalue weighted by atomic mass is 10.1. The quantitative estimate of drug-likeness (QED) is 0.889. The summed E-state index contributed by atoms with van der Waals surface area (Å²) in [6, 6.07) is 8.12. The van der Waals surface area contributed by atoms with Crippen LogP contribution in [0, 0.1) is 0 Å². The standard InChI is InChI=1S/C16H23N3OS/c1-11(2)15-14(9-17)21-16(18-15)19(3)10-12-5-7-13(20-4)8-6-12/h5-8,11H,9-10,17H2,1-4H3. The van der Waals surface area contributed by atoms with E-state index in [4.69, 9.17) is 15.5 Å². The minimum absolute atomic E-state index is 0.405. The third-order valence-corrected chi connectivity index (χ3v) is 4.56. The lowest BCUT2D eigenvalue weighted by Crippen LogP contribution is -2.16. The number of hydrogen-bond donors (Lipinski definition) is 1. The molecule has 0 saturated heterocycles. The first-order chi connectivity index (χ1) is 10.0. The molecule has 5 heteroatoms. The van der Waals surface area contributed by atoms with Crippen molar-refractivity contribution in [3.8, 4) is 5.75 Å². The molecule has 2 N–H and O–H groups in total. The molecule has 2 aromatic rings. The van der Waals surface area contributed by atoms with Crippen LogP contribution in [0.1, 0.15) is 35.9 Å². The summed E-state index contributed by atoms with van der Waals surface area (Å²) < 4.78 is 5.18. The fourth-order valence-corrected chi connectivity index (χ4v) is 3.24. The van der Waals surface area contributed by atoms with Crippen LogP contribution in [0.4, 0.5) is 5.13 Å². The van der Waals surface area contributed by atoms with Crippen molar-refractivity contribution in [1.82, 2.24) is 4.98 Å². The third-order valence-electron chi connectivity index (χ3n) is 3.35. The van der Waals surface area contributed by atoms with Gasteiger partial charge in [-0.2, -0.15) is 0 Å². The summed E-state index contributed by atoms with van der Waals surface area (Å²) in [5.41, 5.74) is 8.18. The van der Waals surface area contributed by atoms with Gasteiger partial charge in [0.2, 0.25) is 0 Å². The van der Waals surface area contributed by atoms with Crippen LogP contribution in [0.15, 0.2) is 24.3 Å². The number of aromatic nitrogens is 1. The number of methoxy groups -OCH3 is 1. The van der Waals surface area contributed by atoms with Crippen molar-refractivity contribution in [1.29, 1.82) is 0 Å². The van der Waals surface area contributed by atoms with E-state index >= 15 is 0 Å². The number of benzene rings is 1. The number of ether oxygens (including phenoxy) is 1. The Labute approximate surface area is 130 Å². The summed E-state index contributed by atoms with van der Waals surface area (Å²) >= 11 is 1.69. The average Bonchev–Trinajstić information content (AvgIpc) is 2.92. The zero-order valence-corrected chi connectivity index (χ0v) is 13.9. The molecule has 0 spiro atoms. The number of hydrogen-bond acceptors (Lipinski definition) is 5. The van der Waals surface area contributed by atoms with Gasteiger partial charge >= 0.3 is 0 Å². The van der Waals surface area contributed by atoms with Crippen LogP contribution >= 0.6 is 11.3 Å². The largest absolute Gasteiger partial charge is 0.497 e. The molecule has 0 radical (unpaired) electrons. The van der Waals surface area contributed by atoms with Gasteiger partial charge in [0.05, 0.1) is 12.8 Å². The Morgan fingerprint density at radius 2 is 1.95 bits per heavy atom. The molecule has 1 aromatic heterocycles. The molecule has 1 heterocycles. The van der Waals surface area contributed by atoms with E-state index < -0.39 is 0 Å². The normalized spacial score (nSPS) is 11.0. The number of thiazole rings is 1. The minimum atomic E-state index is 0.405. The van der Waals surface area contributed by atoms with Gasteiger partial charge in [-0.1, -0.05) is 26.0 Å². The molecule has 0 bridgehead atoms. The molecule has 4 nitrogen and oxygen atoms in total. The molecule has 0 saturated carbocycles. The molecular weight excluding hydrogens is 282 g/mol. The van der Waals surface area contributed by atoms with E-state index in [0.29, 0.717) is 12.5 Å². The highest BCUT2D eigenvalue weighted by atomic mass is 32.1. The Balaban J connectivity index is 2.13. The van der Waals surface area contributed by atoms with Gasteiger partial charge in [0, 0.05) is 25.0 Å².